The van der Waals surface area contributed by atoms with E-state index < -0.39 is 0 Å². The Morgan fingerprint density at radius 2 is 1.61 bits per heavy atom. The van der Waals surface area contributed by atoms with Gasteiger partial charge in [-0.15, -0.1) is 0 Å². The molecule has 23 heavy (non-hydrogen) atoms. The number of rotatable bonds is 3. The van der Waals surface area contributed by atoms with Crippen LogP contribution in [0.25, 0.3) is 0 Å². The first kappa shape index (κ1) is 17.4. The van der Waals surface area contributed by atoms with E-state index in [9.17, 15) is 9.18 Å². The maximum atomic E-state index is 12.9. The quantitative estimate of drug-likeness (QED) is 0.716. The number of halogens is 2. The lowest BCUT2D eigenvalue weighted by molar-refractivity contribution is -0.917. The summed E-state index contributed by atoms with van der Waals surface area (Å²) in [5, 5.41) is 0. The van der Waals surface area contributed by atoms with E-state index in [1.165, 1.54) is 22.6 Å². The number of carbonyl (C=O) groups is 1. The van der Waals surface area contributed by atoms with E-state index in [4.69, 9.17) is 0 Å². The van der Waals surface area contributed by atoms with Crippen LogP contribution in [-0.4, -0.2) is 37.0 Å². The first-order valence-electron chi connectivity index (χ1n) is 7.65. The number of hydrogen-bond donors (Lipinski definition) is 1. The van der Waals surface area contributed by atoms with E-state index in [0.29, 0.717) is 5.56 Å². The standard InChI is InChI=1S/C18H19FN2O.ClH/c19-17-8-6-16(7-9-17)18(22)21-12-10-20(11-13-21)14-15-4-2-1-3-5-15;/h1-9H,10-14H2;1H. The van der Waals surface area contributed by atoms with E-state index in [1.807, 2.05) is 11.0 Å². The fraction of sp³-hybridized carbons (Fsp3) is 0.278. The molecule has 1 saturated heterocycles. The molecule has 1 amide bonds. The predicted molar refractivity (Wildman–Crippen MR) is 83.1 cm³/mol. The number of nitrogens with zero attached hydrogens (tertiary/aromatic N) is 1. The normalized spacial score (nSPS) is 15.1. The van der Waals surface area contributed by atoms with Crippen molar-refractivity contribution in [2.24, 2.45) is 0 Å². The van der Waals surface area contributed by atoms with Gasteiger partial charge in [0.05, 0.1) is 26.2 Å². The number of nitrogens with one attached hydrogen (secondary N) is 1. The van der Waals surface area contributed by atoms with E-state index in [-0.39, 0.29) is 24.1 Å². The molecule has 1 fully saturated rings. The smallest absolute Gasteiger partial charge is 0.254 e. The van der Waals surface area contributed by atoms with Crippen molar-refractivity contribution < 1.29 is 26.5 Å². The molecule has 122 valence electrons. The largest absolute Gasteiger partial charge is 1.00 e. The molecule has 0 aliphatic carbocycles. The molecule has 3 nitrogen and oxygen atoms in total. The maximum absolute atomic E-state index is 12.9. The van der Waals surface area contributed by atoms with Crippen LogP contribution >= 0.6 is 0 Å². The Balaban J connectivity index is 0.00000192. The van der Waals surface area contributed by atoms with Crippen LogP contribution in [-0.2, 0) is 6.54 Å². The van der Waals surface area contributed by atoms with Crippen molar-refractivity contribution in [3.63, 3.8) is 0 Å². The van der Waals surface area contributed by atoms with Crippen molar-refractivity contribution >= 4 is 5.91 Å². The van der Waals surface area contributed by atoms with Gasteiger partial charge in [-0.05, 0) is 24.3 Å². The third-order valence-electron chi connectivity index (χ3n) is 4.15. The SMILES string of the molecule is O=C(c1ccc(F)cc1)N1CC[NH+](Cc2ccccc2)CC1.[Cl-]. The van der Waals surface area contributed by atoms with Gasteiger partial charge in [-0.2, -0.15) is 0 Å². The summed E-state index contributed by atoms with van der Waals surface area (Å²) in [6.07, 6.45) is 0. The summed E-state index contributed by atoms with van der Waals surface area (Å²) >= 11 is 0. The number of benzene rings is 2. The summed E-state index contributed by atoms with van der Waals surface area (Å²) in [5.41, 5.74) is 1.89. The molecule has 0 spiro atoms. The van der Waals surface area contributed by atoms with Crippen molar-refractivity contribution in [1.82, 2.24) is 4.90 Å². The van der Waals surface area contributed by atoms with Crippen LogP contribution in [0.1, 0.15) is 15.9 Å². The Kier molecular flexibility index (Phi) is 6.13. The van der Waals surface area contributed by atoms with Crippen LogP contribution in [0.3, 0.4) is 0 Å². The molecule has 0 saturated carbocycles. The number of piperazine rings is 1. The zero-order valence-corrected chi connectivity index (χ0v) is 13.6. The maximum Gasteiger partial charge on any atom is 0.254 e. The number of amides is 1. The lowest BCUT2D eigenvalue weighted by Crippen LogP contribution is -3.13. The molecule has 5 heteroatoms. The summed E-state index contributed by atoms with van der Waals surface area (Å²) in [7, 11) is 0. The van der Waals surface area contributed by atoms with Crippen LogP contribution < -0.4 is 17.3 Å². The van der Waals surface area contributed by atoms with Crippen LogP contribution in [0, 0.1) is 5.82 Å². The first-order chi connectivity index (χ1) is 10.7. The highest BCUT2D eigenvalue weighted by Crippen LogP contribution is 2.07. The summed E-state index contributed by atoms with van der Waals surface area (Å²) in [5.74, 6) is -0.313. The van der Waals surface area contributed by atoms with Gasteiger partial charge in [-0.1, -0.05) is 30.3 Å². The molecule has 1 heterocycles. The van der Waals surface area contributed by atoms with Gasteiger partial charge in [-0.25, -0.2) is 4.39 Å². The minimum Gasteiger partial charge on any atom is -1.00 e. The van der Waals surface area contributed by atoms with E-state index in [2.05, 4.69) is 24.3 Å². The van der Waals surface area contributed by atoms with Crippen molar-refractivity contribution in [2.45, 2.75) is 6.54 Å². The highest BCUT2D eigenvalue weighted by Gasteiger charge is 2.24. The Morgan fingerprint density at radius 3 is 2.22 bits per heavy atom. The summed E-state index contributed by atoms with van der Waals surface area (Å²) in [4.78, 5) is 15.7. The van der Waals surface area contributed by atoms with Crippen molar-refractivity contribution in [1.29, 1.82) is 0 Å². The molecule has 1 N–H and O–H groups in total. The van der Waals surface area contributed by atoms with E-state index >= 15 is 0 Å². The lowest BCUT2D eigenvalue weighted by atomic mass is 10.1. The van der Waals surface area contributed by atoms with E-state index in [1.54, 1.807) is 12.1 Å². The highest BCUT2D eigenvalue weighted by atomic mass is 35.5. The lowest BCUT2D eigenvalue weighted by Gasteiger charge is -2.32. The summed E-state index contributed by atoms with van der Waals surface area (Å²) in [6.45, 7) is 4.39. The van der Waals surface area contributed by atoms with E-state index in [0.717, 1.165) is 32.7 Å². The Labute approximate surface area is 142 Å². The zero-order chi connectivity index (χ0) is 15.4. The second-order valence-corrected chi connectivity index (χ2v) is 5.71. The predicted octanol–water partition coefficient (Wildman–Crippen LogP) is -1.63. The average Bonchev–Trinajstić information content (AvgIpc) is 2.57. The van der Waals surface area contributed by atoms with Crippen LogP contribution in [0.15, 0.2) is 54.6 Å². The topological polar surface area (TPSA) is 24.8 Å². The van der Waals surface area contributed by atoms with Crippen LogP contribution in [0.5, 0.6) is 0 Å². The zero-order valence-electron chi connectivity index (χ0n) is 12.8. The number of hydrogen-bond acceptors (Lipinski definition) is 1. The fourth-order valence-corrected chi connectivity index (χ4v) is 2.86. The molecule has 0 atom stereocenters. The Morgan fingerprint density at radius 1 is 1.00 bits per heavy atom. The van der Waals surface area contributed by atoms with Crippen molar-refractivity contribution in [2.75, 3.05) is 26.2 Å². The average molecular weight is 335 g/mol. The van der Waals surface area contributed by atoms with Gasteiger partial charge in [0.1, 0.15) is 12.4 Å². The van der Waals surface area contributed by atoms with Gasteiger partial charge in [0.2, 0.25) is 0 Å². The van der Waals surface area contributed by atoms with Gasteiger partial charge in [0, 0.05) is 11.1 Å². The molecule has 2 aromatic rings. The molecule has 0 aromatic heterocycles. The number of carbonyl (C=O) groups excluding carboxylic acids is 1. The Bertz CT molecular complexity index is 625. The minimum atomic E-state index is -0.311. The summed E-state index contributed by atoms with van der Waals surface area (Å²) in [6, 6.07) is 16.2. The molecular formula is C18H20ClFN2O. The summed E-state index contributed by atoms with van der Waals surface area (Å²) < 4.78 is 12.9. The second-order valence-electron chi connectivity index (χ2n) is 5.71. The third-order valence-corrected chi connectivity index (χ3v) is 4.15. The van der Waals surface area contributed by atoms with Gasteiger partial charge in [0.15, 0.2) is 0 Å². The molecule has 0 radical (unpaired) electrons. The fourth-order valence-electron chi connectivity index (χ4n) is 2.86. The van der Waals surface area contributed by atoms with Crippen LogP contribution in [0.2, 0.25) is 0 Å². The number of quaternary nitrogens is 1. The minimum absolute atomic E-state index is 0. The molecule has 1 aliphatic rings. The van der Waals surface area contributed by atoms with Gasteiger partial charge >= 0.3 is 0 Å². The first-order valence-corrected chi connectivity index (χ1v) is 7.65. The highest BCUT2D eigenvalue weighted by molar-refractivity contribution is 5.94. The van der Waals surface area contributed by atoms with Crippen LogP contribution in [0.4, 0.5) is 4.39 Å². The molecule has 2 aromatic carbocycles. The third kappa shape index (κ3) is 4.53. The van der Waals surface area contributed by atoms with Crippen molar-refractivity contribution in [3.8, 4) is 0 Å². The monoisotopic (exact) mass is 334 g/mol. The van der Waals surface area contributed by atoms with Gasteiger partial charge in [-0.3, -0.25) is 4.79 Å². The van der Waals surface area contributed by atoms with Crippen molar-refractivity contribution in [3.05, 3.63) is 71.5 Å². The van der Waals surface area contributed by atoms with Gasteiger partial charge < -0.3 is 22.2 Å². The molecule has 0 unspecified atom stereocenters. The second kappa shape index (κ2) is 8.09. The molecule has 3 rings (SSSR count). The molecule has 0 bridgehead atoms. The Hall–Kier alpha value is -1.91. The van der Waals surface area contributed by atoms with Gasteiger partial charge in [0.25, 0.3) is 5.91 Å². The molecule has 1 aliphatic heterocycles. The molecular weight excluding hydrogens is 315 g/mol.